The van der Waals surface area contributed by atoms with Crippen molar-refractivity contribution in [1.29, 1.82) is 0 Å². The summed E-state index contributed by atoms with van der Waals surface area (Å²) in [7, 11) is 1.63. The van der Waals surface area contributed by atoms with Crippen molar-refractivity contribution >= 4 is 5.69 Å². The van der Waals surface area contributed by atoms with Gasteiger partial charge in [-0.3, -0.25) is 14.8 Å². The maximum Gasteiger partial charge on any atom is 0.290 e. The lowest BCUT2D eigenvalue weighted by atomic mass is 10.2. The number of hydrogen-bond acceptors (Lipinski definition) is 6. The molecule has 1 aliphatic carbocycles. The van der Waals surface area contributed by atoms with E-state index in [-0.39, 0.29) is 5.56 Å². The lowest BCUT2D eigenvalue weighted by Crippen LogP contribution is -2.24. The van der Waals surface area contributed by atoms with Gasteiger partial charge in [0.25, 0.3) is 5.56 Å². The highest BCUT2D eigenvalue weighted by Crippen LogP contribution is 2.46. The van der Waals surface area contributed by atoms with Gasteiger partial charge in [0, 0.05) is 54.8 Å². The fraction of sp³-hybridized carbons (Fsp3) is 0.391. The first-order valence-corrected chi connectivity index (χ1v) is 10.2. The number of ether oxygens (including phenoxy) is 1. The van der Waals surface area contributed by atoms with Gasteiger partial charge in [0.05, 0.1) is 6.61 Å². The molecule has 4 rings (SSSR count). The van der Waals surface area contributed by atoms with E-state index in [1.54, 1.807) is 13.1 Å². The Kier molecular flexibility index (Phi) is 5.53. The molecule has 7 nitrogen and oxygen atoms in total. The van der Waals surface area contributed by atoms with E-state index in [9.17, 15) is 4.79 Å². The average Bonchev–Trinajstić information content (AvgIpc) is 3.49. The van der Waals surface area contributed by atoms with Crippen LogP contribution in [0.4, 0.5) is 5.69 Å². The summed E-state index contributed by atoms with van der Waals surface area (Å²) in [5.74, 6) is 1.31. The van der Waals surface area contributed by atoms with Crippen LogP contribution in [0.15, 0.2) is 41.3 Å². The molecule has 3 aromatic rings. The molecule has 0 bridgehead atoms. The third-order valence-electron chi connectivity index (χ3n) is 5.53. The van der Waals surface area contributed by atoms with Crippen molar-refractivity contribution in [2.24, 2.45) is 13.0 Å². The second-order valence-electron chi connectivity index (χ2n) is 8.05. The van der Waals surface area contributed by atoms with Gasteiger partial charge < -0.3 is 10.1 Å². The van der Waals surface area contributed by atoms with Crippen molar-refractivity contribution in [2.45, 2.75) is 39.7 Å². The largest absolute Gasteiger partial charge is 0.476 e. The third kappa shape index (κ3) is 4.50. The molecule has 156 valence electrons. The van der Waals surface area contributed by atoms with E-state index in [1.807, 2.05) is 39.1 Å². The van der Waals surface area contributed by atoms with Gasteiger partial charge in [0.1, 0.15) is 5.69 Å². The third-order valence-corrected chi connectivity index (χ3v) is 5.53. The molecule has 7 heteroatoms. The molecule has 1 fully saturated rings. The normalized spacial score (nSPS) is 17.6. The van der Waals surface area contributed by atoms with Crippen molar-refractivity contribution in [1.82, 2.24) is 19.7 Å². The Bertz CT molecular complexity index is 1110. The van der Waals surface area contributed by atoms with Crippen LogP contribution in [-0.4, -0.2) is 26.4 Å². The summed E-state index contributed by atoms with van der Waals surface area (Å²) in [6.45, 7) is 7.05. The smallest absolute Gasteiger partial charge is 0.290 e. The Balaban J connectivity index is 1.39. The highest BCUT2D eigenvalue weighted by Gasteiger charge is 2.40. The van der Waals surface area contributed by atoms with E-state index < -0.39 is 0 Å². The van der Waals surface area contributed by atoms with Crippen LogP contribution in [-0.2, 0) is 13.6 Å². The summed E-state index contributed by atoms with van der Waals surface area (Å²) in [6.07, 6.45) is 2.97. The topological polar surface area (TPSA) is 81.9 Å². The van der Waals surface area contributed by atoms with Crippen LogP contribution in [0, 0.1) is 26.7 Å². The molecule has 2 unspecified atom stereocenters. The van der Waals surface area contributed by atoms with E-state index in [2.05, 4.69) is 32.5 Å². The number of nitrogens with one attached hydrogen (secondary N) is 1. The molecule has 1 saturated carbocycles. The second kappa shape index (κ2) is 8.26. The minimum Gasteiger partial charge on any atom is -0.476 e. The Labute approximate surface area is 176 Å². The van der Waals surface area contributed by atoms with Crippen LogP contribution in [0.2, 0.25) is 0 Å². The fourth-order valence-electron chi connectivity index (χ4n) is 3.56. The second-order valence-corrected chi connectivity index (χ2v) is 8.05. The summed E-state index contributed by atoms with van der Waals surface area (Å²) < 4.78 is 7.23. The molecule has 0 radical (unpaired) electrons. The van der Waals surface area contributed by atoms with Gasteiger partial charge in [-0.15, -0.1) is 5.10 Å². The number of hydrogen-bond donors (Lipinski definition) is 1. The van der Waals surface area contributed by atoms with Gasteiger partial charge in [-0.1, -0.05) is 12.1 Å². The molecule has 2 atom stereocenters. The zero-order valence-corrected chi connectivity index (χ0v) is 17.8. The van der Waals surface area contributed by atoms with Gasteiger partial charge in [-0.2, -0.15) is 0 Å². The van der Waals surface area contributed by atoms with Crippen molar-refractivity contribution in [3.05, 3.63) is 75.1 Å². The number of aryl methyl sites for hydroxylation is 4. The Morgan fingerprint density at radius 3 is 2.77 bits per heavy atom. The Morgan fingerprint density at radius 1 is 1.20 bits per heavy atom. The van der Waals surface area contributed by atoms with E-state index in [0.717, 1.165) is 29.1 Å². The lowest BCUT2D eigenvalue weighted by molar-refractivity contribution is 0.278. The molecule has 0 amide bonds. The molecule has 3 heterocycles. The van der Waals surface area contributed by atoms with Gasteiger partial charge in [-0.05, 0) is 50.5 Å². The highest BCUT2D eigenvalue weighted by atomic mass is 16.5. The minimum atomic E-state index is -0.187. The standard InChI is InChI=1S/C23H27N5O2/c1-14-5-8-20(24-11-14)19-9-18(19)13-30-22-10-21(23(29)28(4)27-22)25-12-17-7-6-15(2)26-16(17)3/h5-8,10-11,18-19,25H,9,12-13H2,1-4H3. The number of pyridine rings is 2. The maximum atomic E-state index is 12.5. The number of anilines is 1. The monoisotopic (exact) mass is 405 g/mol. The summed E-state index contributed by atoms with van der Waals surface area (Å²) in [5.41, 5.74) is 5.54. The minimum absolute atomic E-state index is 0.187. The van der Waals surface area contributed by atoms with E-state index >= 15 is 0 Å². The molecule has 0 aromatic carbocycles. The predicted octanol–water partition coefficient (Wildman–Crippen LogP) is 3.29. The fourth-order valence-corrected chi connectivity index (χ4v) is 3.56. The molecule has 0 aliphatic heterocycles. The first-order valence-electron chi connectivity index (χ1n) is 10.2. The van der Waals surface area contributed by atoms with Crippen LogP contribution in [0.3, 0.4) is 0 Å². The Hall–Kier alpha value is -3.22. The lowest BCUT2D eigenvalue weighted by Gasteiger charge is -2.12. The molecule has 1 aliphatic rings. The van der Waals surface area contributed by atoms with Gasteiger partial charge in [0.15, 0.2) is 0 Å². The van der Waals surface area contributed by atoms with E-state index in [0.29, 0.717) is 36.6 Å². The zero-order valence-electron chi connectivity index (χ0n) is 17.8. The Morgan fingerprint density at radius 2 is 2.03 bits per heavy atom. The first kappa shape index (κ1) is 20.1. The van der Waals surface area contributed by atoms with Crippen LogP contribution < -0.4 is 15.6 Å². The molecular formula is C23H27N5O2. The molecule has 0 spiro atoms. The summed E-state index contributed by atoms with van der Waals surface area (Å²) >= 11 is 0. The van der Waals surface area contributed by atoms with Crippen molar-refractivity contribution < 1.29 is 4.74 Å². The number of rotatable bonds is 7. The van der Waals surface area contributed by atoms with Gasteiger partial charge >= 0.3 is 0 Å². The van der Waals surface area contributed by atoms with E-state index in [1.165, 1.54) is 10.2 Å². The first-order chi connectivity index (χ1) is 14.4. The quantitative estimate of drug-likeness (QED) is 0.650. The summed E-state index contributed by atoms with van der Waals surface area (Å²) in [6, 6.07) is 9.86. The zero-order chi connectivity index (χ0) is 21.3. The number of nitrogens with zero attached hydrogens (tertiary/aromatic N) is 4. The van der Waals surface area contributed by atoms with Crippen LogP contribution in [0.1, 0.15) is 40.5 Å². The van der Waals surface area contributed by atoms with Gasteiger partial charge in [0.2, 0.25) is 5.88 Å². The number of aromatic nitrogens is 4. The summed E-state index contributed by atoms with van der Waals surface area (Å²) in [4.78, 5) is 21.4. The van der Waals surface area contributed by atoms with Crippen molar-refractivity contribution in [2.75, 3.05) is 11.9 Å². The van der Waals surface area contributed by atoms with Gasteiger partial charge in [-0.25, -0.2) is 4.68 Å². The van der Waals surface area contributed by atoms with Crippen LogP contribution in [0.5, 0.6) is 5.88 Å². The van der Waals surface area contributed by atoms with E-state index in [4.69, 9.17) is 4.74 Å². The van der Waals surface area contributed by atoms with Crippen molar-refractivity contribution in [3.63, 3.8) is 0 Å². The predicted molar refractivity (Wildman–Crippen MR) is 116 cm³/mol. The average molecular weight is 406 g/mol. The molecular weight excluding hydrogens is 378 g/mol. The van der Waals surface area contributed by atoms with Crippen molar-refractivity contribution in [3.8, 4) is 5.88 Å². The van der Waals surface area contributed by atoms with Crippen LogP contribution in [0.25, 0.3) is 0 Å². The molecule has 0 saturated heterocycles. The summed E-state index contributed by atoms with van der Waals surface area (Å²) in [5, 5.41) is 7.45. The SMILES string of the molecule is Cc1ccc(C2CC2COc2cc(NCc3ccc(C)nc3C)c(=O)n(C)n2)nc1. The molecule has 3 aromatic heterocycles. The van der Waals surface area contributed by atoms with Crippen LogP contribution >= 0.6 is 0 Å². The highest BCUT2D eigenvalue weighted by molar-refractivity contribution is 5.44. The maximum absolute atomic E-state index is 12.5. The molecule has 1 N–H and O–H groups in total. The molecule has 30 heavy (non-hydrogen) atoms.